The van der Waals surface area contributed by atoms with Crippen molar-refractivity contribution in [2.75, 3.05) is 6.61 Å². The van der Waals surface area contributed by atoms with Gasteiger partial charge in [-0.05, 0) is 56.3 Å². The zero-order valence-electron chi connectivity index (χ0n) is 9.78. The van der Waals surface area contributed by atoms with Gasteiger partial charge in [0.05, 0.1) is 6.61 Å². The third-order valence-electron chi connectivity index (χ3n) is 4.85. The summed E-state index contributed by atoms with van der Waals surface area (Å²) in [6, 6.07) is 0. The first-order valence-corrected chi connectivity index (χ1v) is 6.48. The van der Waals surface area contributed by atoms with Crippen LogP contribution < -0.4 is 0 Å². The Labute approximate surface area is 97.1 Å². The van der Waals surface area contributed by atoms with Gasteiger partial charge in [-0.25, -0.2) is 4.79 Å². The molecule has 2 heteroatoms. The van der Waals surface area contributed by atoms with Gasteiger partial charge in [-0.2, -0.15) is 0 Å². The second-order valence-electron chi connectivity index (χ2n) is 6.23. The number of carbonyl (C=O) groups is 1. The fraction of sp³-hybridized carbons (Fsp3) is 0.786. The van der Waals surface area contributed by atoms with E-state index < -0.39 is 0 Å². The highest BCUT2D eigenvalue weighted by molar-refractivity contribution is 5.81. The predicted octanol–water partition coefficient (Wildman–Crippen LogP) is 2.93. The molecular weight excluding hydrogens is 200 g/mol. The molecule has 0 unspecified atom stereocenters. The molecule has 4 saturated carbocycles. The first-order valence-electron chi connectivity index (χ1n) is 6.48. The lowest BCUT2D eigenvalue weighted by Crippen LogP contribution is -2.48. The van der Waals surface area contributed by atoms with Crippen LogP contribution in [0.3, 0.4) is 0 Å². The van der Waals surface area contributed by atoms with Crippen LogP contribution in [0.1, 0.15) is 38.5 Å². The van der Waals surface area contributed by atoms with Gasteiger partial charge in [-0.1, -0.05) is 6.58 Å². The number of carbonyl (C=O) groups excluding carboxylic acids is 1. The summed E-state index contributed by atoms with van der Waals surface area (Å²) in [5, 5.41) is 0. The van der Waals surface area contributed by atoms with E-state index in [0.29, 0.717) is 12.0 Å². The maximum absolute atomic E-state index is 11.2. The number of esters is 1. The highest BCUT2D eigenvalue weighted by Gasteiger charge is 2.51. The van der Waals surface area contributed by atoms with Crippen LogP contribution in [0.25, 0.3) is 0 Å². The van der Waals surface area contributed by atoms with Crippen molar-refractivity contribution in [3.63, 3.8) is 0 Å². The molecule has 4 aliphatic carbocycles. The van der Waals surface area contributed by atoms with E-state index in [1.165, 1.54) is 44.6 Å². The van der Waals surface area contributed by atoms with E-state index >= 15 is 0 Å². The van der Waals surface area contributed by atoms with Crippen molar-refractivity contribution in [2.24, 2.45) is 23.2 Å². The first kappa shape index (κ1) is 10.4. The Morgan fingerprint density at radius 2 is 1.69 bits per heavy atom. The maximum atomic E-state index is 11.2. The molecule has 0 aromatic carbocycles. The average molecular weight is 220 g/mol. The fourth-order valence-electron chi connectivity index (χ4n) is 4.75. The molecule has 0 aromatic heterocycles. The molecule has 2 nitrogen and oxygen atoms in total. The number of ether oxygens (including phenoxy) is 1. The summed E-state index contributed by atoms with van der Waals surface area (Å²) in [5.74, 6) is 2.52. The number of hydrogen-bond acceptors (Lipinski definition) is 2. The lowest BCUT2D eigenvalue weighted by molar-refractivity contribution is -0.149. The molecule has 0 spiro atoms. The van der Waals surface area contributed by atoms with Crippen molar-refractivity contribution < 1.29 is 9.53 Å². The molecule has 4 aliphatic rings. The average Bonchev–Trinajstić information content (AvgIpc) is 2.24. The van der Waals surface area contributed by atoms with Gasteiger partial charge in [0, 0.05) is 11.5 Å². The van der Waals surface area contributed by atoms with E-state index in [-0.39, 0.29) is 5.97 Å². The Hall–Kier alpha value is -0.790. The van der Waals surface area contributed by atoms with E-state index in [1.54, 1.807) is 0 Å². The van der Waals surface area contributed by atoms with Crippen LogP contribution in [-0.4, -0.2) is 12.6 Å². The SMILES string of the molecule is C=CC(=O)OCC12CC3CC(CC(C3)C1)C2. The summed E-state index contributed by atoms with van der Waals surface area (Å²) in [4.78, 5) is 11.2. The first-order chi connectivity index (χ1) is 7.69. The summed E-state index contributed by atoms with van der Waals surface area (Å²) in [5.41, 5.74) is 0.341. The lowest BCUT2D eigenvalue weighted by atomic mass is 9.50. The van der Waals surface area contributed by atoms with Gasteiger partial charge in [-0.15, -0.1) is 0 Å². The van der Waals surface area contributed by atoms with Crippen LogP contribution in [0, 0.1) is 23.2 Å². The van der Waals surface area contributed by atoms with Crippen molar-refractivity contribution in [1.82, 2.24) is 0 Å². The topological polar surface area (TPSA) is 26.3 Å². The Balaban J connectivity index is 1.69. The third-order valence-corrected chi connectivity index (χ3v) is 4.85. The Morgan fingerprint density at radius 3 is 2.12 bits per heavy atom. The van der Waals surface area contributed by atoms with E-state index in [0.717, 1.165) is 17.8 Å². The van der Waals surface area contributed by atoms with Gasteiger partial charge in [0.2, 0.25) is 0 Å². The monoisotopic (exact) mass is 220 g/mol. The van der Waals surface area contributed by atoms with E-state index in [2.05, 4.69) is 6.58 Å². The molecule has 0 aliphatic heterocycles. The minimum Gasteiger partial charge on any atom is -0.462 e. The zero-order valence-corrected chi connectivity index (χ0v) is 9.78. The van der Waals surface area contributed by atoms with Crippen LogP contribution in [-0.2, 0) is 9.53 Å². The van der Waals surface area contributed by atoms with Crippen LogP contribution in [0.4, 0.5) is 0 Å². The standard InChI is InChI=1S/C14H20O2/c1-2-13(15)16-9-14-6-10-3-11(7-14)5-12(4-10)8-14/h2,10-12H,1,3-9H2. The van der Waals surface area contributed by atoms with Gasteiger partial charge < -0.3 is 4.74 Å². The Kier molecular flexibility index (Phi) is 2.34. The minimum atomic E-state index is -0.254. The predicted molar refractivity (Wildman–Crippen MR) is 61.8 cm³/mol. The van der Waals surface area contributed by atoms with Crippen LogP contribution >= 0.6 is 0 Å². The lowest BCUT2D eigenvalue weighted by Gasteiger charge is -2.56. The van der Waals surface area contributed by atoms with Crippen molar-refractivity contribution in [3.8, 4) is 0 Å². The number of rotatable bonds is 3. The van der Waals surface area contributed by atoms with Crippen molar-refractivity contribution in [2.45, 2.75) is 38.5 Å². The third kappa shape index (κ3) is 1.68. The van der Waals surface area contributed by atoms with Crippen LogP contribution in [0.5, 0.6) is 0 Å². The van der Waals surface area contributed by atoms with Crippen LogP contribution in [0.2, 0.25) is 0 Å². The normalized spacial score (nSPS) is 44.4. The molecule has 4 bridgehead atoms. The van der Waals surface area contributed by atoms with Gasteiger partial charge in [0.1, 0.15) is 0 Å². The van der Waals surface area contributed by atoms with Gasteiger partial charge in [-0.3, -0.25) is 0 Å². The van der Waals surface area contributed by atoms with Crippen molar-refractivity contribution in [1.29, 1.82) is 0 Å². The Bertz CT molecular complexity index is 283. The molecule has 0 saturated heterocycles. The van der Waals surface area contributed by atoms with Gasteiger partial charge in [0.15, 0.2) is 0 Å². The summed E-state index contributed by atoms with van der Waals surface area (Å²) < 4.78 is 5.32. The zero-order chi connectivity index (χ0) is 11.2. The Morgan fingerprint density at radius 1 is 1.19 bits per heavy atom. The molecule has 0 amide bonds. The molecule has 16 heavy (non-hydrogen) atoms. The van der Waals surface area contributed by atoms with E-state index in [9.17, 15) is 4.79 Å². The second-order valence-corrected chi connectivity index (χ2v) is 6.23. The molecule has 0 N–H and O–H groups in total. The number of hydrogen-bond donors (Lipinski definition) is 0. The fourth-order valence-corrected chi connectivity index (χ4v) is 4.75. The quantitative estimate of drug-likeness (QED) is 0.540. The molecular formula is C14H20O2. The minimum absolute atomic E-state index is 0.254. The smallest absolute Gasteiger partial charge is 0.330 e. The highest BCUT2D eigenvalue weighted by atomic mass is 16.5. The molecule has 4 fully saturated rings. The molecule has 0 radical (unpaired) electrons. The largest absolute Gasteiger partial charge is 0.462 e. The van der Waals surface area contributed by atoms with E-state index in [4.69, 9.17) is 4.74 Å². The summed E-state index contributed by atoms with van der Waals surface area (Å²) >= 11 is 0. The summed E-state index contributed by atoms with van der Waals surface area (Å²) in [7, 11) is 0. The summed E-state index contributed by atoms with van der Waals surface area (Å²) in [6.07, 6.45) is 9.48. The molecule has 0 atom stereocenters. The highest BCUT2D eigenvalue weighted by Crippen LogP contribution is 2.59. The van der Waals surface area contributed by atoms with Crippen LogP contribution in [0.15, 0.2) is 12.7 Å². The second kappa shape index (κ2) is 3.61. The molecule has 4 rings (SSSR count). The molecule has 0 heterocycles. The maximum Gasteiger partial charge on any atom is 0.330 e. The van der Waals surface area contributed by atoms with Gasteiger partial charge in [0.25, 0.3) is 0 Å². The van der Waals surface area contributed by atoms with Gasteiger partial charge >= 0.3 is 5.97 Å². The molecule has 0 aromatic rings. The molecule has 88 valence electrons. The van der Waals surface area contributed by atoms with Crippen molar-refractivity contribution in [3.05, 3.63) is 12.7 Å². The van der Waals surface area contributed by atoms with E-state index in [1.807, 2.05) is 0 Å². The van der Waals surface area contributed by atoms with Crippen molar-refractivity contribution >= 4 is 5.97 Å². The summed E-state index contributed by atoms with van der Waals surface area (Å²) in [6.45, 7) is 4.09.